The van der Waals surface area contributed by atoms with Crippen molar-refractivity contribution in [2.45, 2.75) is 51.5 Å². The van der Waals surface area contributed by atoms with Crippen LogP contribution < -0.4 is 15.5 Å². The number of aliphatic imine (C=N–C) groups is 1. The summed E-state index contributed by atoms with van der Waals surface area (Å²) in [6, 6.07) is 7.12. The van der Waals surface area contributed by atoms with Crippen LogP contribution in [0, 0.1) is 11.2 Å². The van der Waals surface area contributed by atoms with E-state index in [1.165, 1.54) is 6.07 Å². The summed E-state index contributed by atoms with van der Waals surface area (Å²) >= 11 is 0. The third-order valence-electron chi connectivity index (χ3n) is 6.31. The predicted octanol–water partition coefficient (Wildman–Crippen LogP) is 3.62. The first-order valence-electron chi connectivity index (χ1n) is 11.2. The van der Waals surface area contributed by atoms with E-state index in [2.05, 4.69) is 22.5 Å². The monoisotopic (exact) mass is 545 g/mol. The Labute approximate surface area is 203 Å². The van der Waals surface area contributed by atoms with Gasteiger partial charge in [-0.15, -0.1) is 24.0 Å². The van der Waals surface area contributed by atoms with Crippen LogP contribution >= 0.6 is 24.0 Å². The summed E-state index contributed by atoms with van der Waals surface area (Å²) < 4.78 is 13.5. The van der Waals surface area contributed by atoms with Crippen LogP contribution in [0.5, 0.6) is 0 Å². The molecule has 2 aliphatic rings. The van der Waals surface area contributed by atoms with Gasteiger partial charge in [-0.2, -0.15) is 0 Å². The zero-order valence-electron chi connectivity index (χ0n) is 19.0. The van der Waals surface area contributed by atoms with Crippen LogP contribution in [0.4, 0.5) is 10.1 Å². The summed E-state index contributed by atoms with van der Waals surface area (Å²) in [7, 11) is 3.67. The summed E-state index contributed by atoms with van der Waals surface area (Å²) in [5.41, 5.74) is 0.589. The van der Waals surface area contributed by atoms with E-state index in [4.69, 9.17) is 4.99 Å². The van der Waals surface area contributed by atoms with E-state index >= 15 is 0 Å². The molecule has 1 aliphatic heterocycles. The zero-order chi connectivity index (χ0) is 21.6. The Balaban J connectivity index is 0.00000341. The number of nitrogens with one attached hydrogen (secondary N) is 2. The number of carbonyl (C=O) groups is 1. The number of piperidine rings is 1. The van der Waals surface area contributed by atoms with Gasteiger partial charge in [0.1, 0.15) is 5.82 Å². The molecule has 0 spiro atoms. The summed E-state index contributed by atoms with van der Waals surface area (Å²) in [6.45, 7) is 5.12. The van der Waals surface area contributed by atoms with Crippen LogP contribution in [0.25, 0.3) is 0 Å². The quantitative estimate of drug-likeness (QED) is 0.326. The molecule has 6 nitrogen and oxygen atoms in total. The first kappa shape index (κ1) is 25.7. The number of rotatable bonds is 6. The second kappa shape index (κ2) is 11.9. The highest BCUT2D eigenvalue weighted by Crippen LogP contribution is 2.39. The van der Waals surface area contributed by atoms with Crippen LogP contribution in [0.1, 0.15) is 45.4 Å². The number of amides is 1. The Morgan fingerprint density at radius 3 is 2.52 bits per heavy atom. The maximum Gasteiger partial charge on any atom is 0.230 e. The molecule has 1 aromatic carbocycles. The Morgan fingerprint density at radius 2 is 1.94 bits per heavy atom. The normalized spacial score (nSPS) is 19.0. The second-order valence-electron chi connectivity index (χ2n) is 8.77. The third kappa shape index (κ3) is 6.70. The number of hydrogen-bond donors (Lipinski definition) is 2. The minimum atomic E-state index is -0.355. The number of carbonyl (C=O) groups excluding carboxylic acids is 1. The molecule has 1 amide bonds. The number of nitrogens with zero attached hydrogens (tertiary/aromatic N) is 3. The van der Waals surface area contributed by atoms with Crippen molar-refractivity contribution in [1.29, 1.82) is 0 Å². The Hall–Kier alpha value is -1.58. The lowest BCUT2D eigenvalue weighted by molar-refractivity contribution is -0.138. The second-order valence-corrected chi connectivity index (χ2v) is 8.77. The van der Waals surface area contributed by atoms with E-state index in [1.54, 1.807) is 17.0 Å². The molecule has 0 bridgehead atoms. The van der Waals surface area contributed by atoms with E-state index in [9.17, 15) is 9.18 Å². The van der Waals surface area contributed by atoms with Crippen molar-refractivity contribution in [3.8, 4) is 0 Å². The first-order valence-corrected chi connectivity index (χ1v) is 11.2. The molecule has 1 aromatic rings. The maximum atomic E-state index is 13.5. The average Bonchev–Trinajstić information content (AvgIpc) is 3.22. The SMILES string of the molecule is CCNC(=NCC1(C(=O)N(C)C)CCCC1)NC1CCN(c2cccc(F)c2)CC1.I. The topological polar surface area (TPSA) is 60.0 Å². The maximum absolute atomic E-state index is 13.5. The Bertz CT molecular complexity index is 743. The third-order valence-corrected chi connectivity index (χ3v) is 6.31. The van der Waals surface area contributed by atoms with Gasteiger partial charge < -0.3 is 20.4 Å². The fourth-order valence-electron chi connectivity index (χ4n) is 4.66. The smallest absolute Gasteiger partial charge is 0.230 e. The molecule has 3 rings (SSSR count). The number of anilines is 1. The van der Waals surface area contributed by atoms with E-state index in [1.807, 2.05) is 20.2 Å². The number of halogens is 2. The van der Waals surface area contributed by atoms with Gasteiger partial charge in [-0.1, -0.05) is 18.9 Å². The molecular formula is C23H37FIN5O. The van der Waals surface area contributed by atoms with Gasteiger partial charge in [0.15, 0.2) is 5.96 Å². The highest BCUT2D eigenvalue weighted by molar-refractivity contribution is 14.0. The van der Waals surface area contributed by atoms with Crippen molar-refractivity contribution < 1.29 is 9.18 Å². The molecule has 1 heterocycles. The Morgan fingerprint density at radius 1 is 1.26 bits per heavy atom. The fraction of sp³-hybridized carbons (Fsp3) is 0.652. The molecule has 0 unspecified atom stereocenters. The van der Waals surface area contributed by atoms with Gasteiger partial charge in [-0.25, -0.2) is 4.39 Å². The molecule has 8 heteroatoms. The lowest BCUT2D eigenvalue weighted by Crippen LogP contribution is -2.49. The van der Waals surface area contributed by atoms with Crippen molar-refractivity contribution in [3.63, 3.8) is 0 Å². The molecule has 0 atom stereocenters. The van der Waals surface area contributed by atoms with Crippen molar-refractivity contribution in [1.82, 2.24) is 15.5 Å². The minimum absolute atomic E-state index is 0. The summed E-state index contributed by atoms with van der Waals surface area (Å²) in [6.07, 6.45) is 5.94. The first-order chi connectivity index (χ1) is 14.4. The molecule has 1 saturated heterocycles. The van der Waals surface area contributed by atoms with Crippen molar-refractivity contribution >= 4 is 41.5 Å². The van der Waals surface area contributed by atoms with E-state index < -0.39 is 0 Å². The molecule has 1 aliphatic carbocycles. The van der Waals surface area contributed by atoms with Crippen LogP contribution in [-0.2, 0) is 4.79 Å². The molecular weight excluding hydrogens is 508 g/mol. The van der Waals surface area contributed by atoms with Crippen LogP contribution in [0.15, 0.2) is 29.3 Å². The largest absolute Gasteiger partial charge is 0.371 e. The van der Waals surface area contributed by atoms with Crippen LogP contribution in [0.3, 0.4) is 0 Å². The highest BCUT2D eigenvalue weighted by atomic mass is 127. The Kier molecular flexibility index (Phi) is 9.84. The van der Waals surface area contributed by atoms with E-state index in [0.717, 1.165) is 69.8 Å². The predicted molar refractivity (Wildman–Crippen MR) is 136 cm³/mol. The lowest BCUT2D eigenvalue weighted by Gasteiger charge is -2.35. The van der Waals surface area contributed by atoms with Gasteiger partial charge in [0.25, 0.3) is 0 Å². The molecule has 2 fully saturated rings. The van der Waals surface area contributed by atoms with Crippen LogP contribution in [0.2, 0.25) is 0 Å². The molecule has 31 heavy (non-hydrogen) atoms. The van der Waals surface area contributed by atoms with E-state index in [-0.39, 0.29) is 41.1 Å². The van der Waals surface area contributed by atoms with Gasteiger partial charge in [0, 0.05) is 45.5 Å². The van der Waals surface area contributed by atoms with Crippen LogP contribution in [-0.4, -0.2) is 63.1 Å². The number of hydrogen-bond acceptors (Lipinski definition) is 3. The van der Waals surface area contributed by atoms with Gasteiger partial charge in [-0.3, -0.25) is 9.79 Å². The van der Waals surface area contributed by atoms with Gasteiger partial charge in [0.05, 0.1) is 12.0 Å². The average molecular weight is 545 g/mol. The van der Waals surface area contributed by atoms with Crippen molar-refractivity contribution in [2.24, 2.45) is 10.4 Å². The standard InChI is InChI=1S/C23H36FN5O.HI/c1-4-25-22(26-17-23(12-5-6-13-23)21(30)28(2)3)27-19-10-14-29(15-11-19)20-9-7-8-18(24)16-20;/h7-9,16,19H,4-6,10-15,17H2,1-3H3,(H2,25,26,27);1H. The fourth-order valence-corrected chi connectivity index (χ4v) is 4.66. The molecule has 0 radical (unpaired) electrons. The zero-order valence-corrected chi connectivity index (χ0v) is 21.3. The molecule has 174 valence electrons. The molecule has 1 saturated carbocycles. The molecule has 0 aromatic heterocycles. The summed E-state index contributed by atoms with van der Waals surface area (Å²) in [5.74, 6) is 0.796. The molecule has 2 N–H and O–H groups in total. The van der Waals surface area contributed by atoms with Gasteiger partial charge >= 0.3 is 0 Å². The number of benzene rings is 1. The van der Waals surface area contributed by atoms with Crippen molar-refractivity contribution in [2.75, 3.05) is 45.2 Å². The van der Waals surface area contributed by atoms with Gasteiger partial charge in [-0.05, 0) is 50.8 Å². The van der Waals surface area contributed by atoms with E-state index in [0.29, 0.717) is 12.6 Å². The minimum Gasteiger partial charge on any atom is -0.371 e. The van der Waals surface area contributed by atoms with Crippen molar-refractivity contribution in [3.05, 3.63) is 30.1 Å². The summed E-state index contributed by atoms with van der Waals surface area (Å²) in [4.78, 5) is 21.6. The van der Waals surface area contributed by atoms with Gasteiger partial charge in [0.2, 0.25) is 5.91 Å². The lowest BCUT2D eigenvalue weighted by atomic mass is 9.85. The number of guanidine groups is 1. The summed E-state index contributed by atoms with van der Waals surface area (Å²) in [5, 5.41) is 6.90. The highest BCUT2D eigenvalue weighted by Gasteiger charge is 2.42.